The highest BCUT2D eigenvalue weighted by molar-refractivity contribution is 9.10. The Balaban J connectivity index is 2.35. The molecule has 0 fully saturated rings. The van der Waals surface area contributed by atoms with Crippen molar-refractivity contribution in [1.29, 1.82) is 5.26 Å². The average molecular weight is 308 g/mol. The molecule has 0 aliphatic carbocycles. The second-order valence-corrected chi connectivity index (χ2v) is 5.71. The minimum atomic E-state index is 0.610. The van der Waals surface area contributed by atoms with E-state index in [4.69, 9.17) is 5.26 Å². The number of hydrogen-bond donors (Lipinski definition) is 1. The molecule has 3 nitrogen and oxygen atoms in total. The Hall–Kier alpha value is -1.38. The average Bonchev–Trinajstić information content (AvgIpc) is 2.58. The van der Waals surface area contributed by atoms with Gasteiger partial charge in [0.2, 0.25) is 0 Å². The van der Waals surface area contributed by atoms with E-state index in [1.165, 1.54) is 4.88 Å². The van der Waals surface area contributed by atoms with E-state index >= 15 is 0 Å². The van der Waals surface area contributed by atoms with Gasteiger partial charge in [0.1, 0.15) is 6.07 Å². The summed E-state index contributed by atoms with van der Waals surface area (Å²) in [5.74, 6) is 0. The van der Waals surface area contributed by atoms with Crippen LogP contribution in [0.2, 0.25) is 0 Å². The van der Waals surface area contributed by atoms with Gasteiger partial charge in [0.15, 0.2) is 5.13 Å². The van der Waals surface area contributed by atoms with Gasteiger partial charge in [-0.3, -0.25) is 0 Å². The lowest BCUT2D eigenvalue weighted by atomic mass is 10.2. The molecule has 86 valence electrons. The molecular weight excluding hydrogens is 298 g/mol. The van der Waals surface area contributed by atoms with Crippen molar-refractivity contribution >= 4 is 38.1 Å². The topological polar surface area (TPSA) is 48.7 Å². The van der Waals surface area contributed by atoms with E-state index in [0.717, 1.165) is 21.0 Å². The van der Waals surface area contributed by atoms with E-state index in [9.17, 15) is 0 Å². The van der Waals surface area contributed by atoms with Crippen LogP contribution in [0.5, 0.6) is 0 Å². The van der Waals surface area contributed by atoms with Crippen molar-refractivity contribution < 1.29 is 0 Å². The number of aromatic nitrogens is 1. The van der Waals surface area contributed by atoms with Crippen LogP contribution in [-0.4, -0.2) is 4.98 Å². The largest absolute Gasteiger partial charge is 0.330 e. The molecule has 0 bridgehead atoms. The summed E-state index contributed by atoms with van der Waals surface area (Å²) in [7, 11) is 0. The van der Waals surface area contributed by atoms with Crippen LogP contribution in [0.15, 0.2) is 22.7 Å². The summed E-state index contributed by atoms with van der Waals surface area (Å²) in [6.07, 6.45) is 0. The maximum atomic E-state index is 9.02. The zero-order chi connectivity index (χ0) is 12.4. The first kappa shape index (κ1) is 12.1. The SMILES string of the molecule is Cc1nc(Nc2cc(Br)ccc2C#N)sc1C. The van der Waals surface area contributed by atoms with E-state index < -0.39 is 0 Å². The van der Waals surface area contributed by atoms with Crippen LogP contribution in [-0.2, 0) is 0 Å². The molecule has 0 spiro atoms. The van der Waals surface area contributed by atoms with Crippen LogP contribution in [0.3, 0.4) is 0 Å². The van der Waals surface area contributed by atoms with Crippen LogP contribution >= 0.6 is 27.3 Å². The lowest BCUT2D eigenvalue weighted by molar-refractivity contribution is 1.23. The fourth-order valence-corrected chi connectivity index (χ4v) is 2.55. The molecule has 0 aliphatic rings. The number of rotatable bonds is 2. The Bertz CT molecular complexity index is 579. The number of benzene rings is 1. The highest BCUT2D eigenvalue weighted by Gasteiger charge is 2.07. The maximum absolute atomic E-state index is 9.02. The molecule has 17 heavy (non-hydrogen) atoms. The van der Waals surface area contributed by atoms with Crippen LogP contribution in [0.1, 0.15) is 16.1 Å². The first-order valence-corrected chi connectivity index (χ1v) is 6.62. The molecule has 2 rings (SSSR count). The van der Waals surface area contributed by atoms with Gasteiger partial charge in [0.25, 0.3) is 0 Å². The smallest absolute Gasteiger partial charge is 0.187 e. The van der Waals surface area contributed by atoms with E-state index in [-0.39, 0.29) is 0 Å². The van der Waals surface area contributed by atoms with Gasteiger partial charge in [0.05, 0.1) is 16.9 Å². The number of nitrogens with one attached hydrogen (secondary N) is 1. The van der Waals surface area contributed by atoms with Crippen molar-refractivity contribution in [2.24, 2.45) is 0 Å². The molecule has 0 radical (unpaired) electrons. The van der Waals surface area contributed by atoms with Crippen molar-refractivity contribution in [3.8, 4) is 6.07 Å². The highest BCUT2D eigenvalue weighted by Crippen LogP contribution is 2.28. The van der Waals surface area contributed by atoms with Gasteiger partial charge in [-0.25, -0.2) is 4.98 Å². The standard InChI is InChI=1S/C12H10BrN3S/c1-7-8(2)17-12(15-7)16-11-5-10(13)4-3-9(11)6-14/h3-5H,1-2H3,(H,15,16). The molecule has 5 heteroatoms. The number of nitrogens with zero attached hydrogens (tertiary/aromatic N) is 2. The summed E-state index contributed by atoms with van der Waals surface area (Å²) >= 11 is 4.98. The molecule has 0 atom stereocenters. The summed E-state index contributed by atoms with van der Waals surface area (Å²) in [5.41, 5.74) is 2.40. The Morgan fingerprint density at radius 2 is 2.18 bits per heavy atom. The summed E-state index contributed by atoms with van der Waals surface area (Å²) < 4.78 is 0.934. The summed E-state index contributed by atoms with van der Waals surface area (Å²) in [6.45, 7) is 4.01. The number of nitriles is 1. The summed E-state index contributed by atoms with van der Waals surface area (Å²) in [5, 5.41) is 13.0. The normalized spacial score (nSPS) is 10.0. The minimum Gasteiger partial charge on any atom is -0.330 e. The first-order valence-electron chi connectivity index (χ1n) is 5.01. The first-order chi connectivity index (χ1) is 8.10. The number of anilines is 2. The second-order valence-electron chi connectivity index (χ2n) is 3.59. The third-order valence-electron chi connectivity index (χ3n) is 2.37. The van der Waals surface area contributed by atoms with Crippen molar-refractivity contribution in [3.63, 3.8) is 0 Å². The van der Waals surface area contributed by atoms with Gasteiger partial charge in [-0.05, 0) is 32.0 Å². The van der Waals surface area contributed by atoms with Gasteiger partial charge in [-0.15, -0.1) is 11.3 Å². The summed E-state index contributed by atoms with van der Waals surface area (Å²) in [4.78, 5) is 5.57. The predicted octanol–water partition coefficient (Wildman–Crippen LogP) is 4.14. The van der Waals surface area contributed by atoms with E-state index in [2.05, 4.69) is 32.3 Å². The number of thiazole rings is 1. The highest BCUT2D eigenvalue weighted by atomic mass is 79.9. The van der Waals surface area contributed by atoms with Crippen molar-refractivity contribution in [2.75, 3.05) is 5.32 Å². The van der Waals surface area contributed by atoms with Crippen molar-refractivity contribution in [3.05, 3.63) is 38.8 Å². The molecule has 1 N–H and O–H groups in total. The Morgan fingerprint density at radius 3 is 2.76 bits per heavy atom. The molecule has 2 aromatic rings. The van der Waals surface area contributed by atoms with Crippen LogP contribution in [0.25, 0.3) is 0 Å². The maximum Gasteiger partial charge on any atom is 0.187 e. The second kappa shape index (κ2) is 4.86. The molecule has 0 unspecified atom stereocenters. The van der Waals surface area contributed by atoms with Crippen molar-refractivity contribution in [2.45, 2.75) is 13.8 Å². The number of aryl methyl sites for hydroxylation is 2. The van der Waals surface area contributed by atoms with Crippen LogP contribution < -0.4 is 5.32 Å². The fourth-order valence-electron chi connectivity index (χ4n) is 1.36. The lowest BCUT2D eigenvalue weighted by Crippen LogP contribution is -1.93. The Labute approximate surface area is 112 Å². The Kier molecular flexibility index (Phi) is 3.46. The monoisotopic (exact) mass is 307 g/mol. The zero-order valence-electron chi connectivity index (χ0n) is 9.41. The molecule has 0 aliphatic heterocycles. The molecule has 1 heterocycles. The van der Waals surface area contributed by atoms with Crippen molar-refractivity contribution in [1.82, 2.24) is 4.98 Å². The predicted molar refractivity (Wildman–Crippen MR) is 73.7 cm³/mol. The van der Waals surface area contributed by atoms with Gasteiger partial charge in [-0.2, -0.15) is 5.26 Å². The quantitative estimate of drug-likeness (QED) is 0.907. The zero-order valence-corrected chi connectivity index (χ0v) is 11.8. The van der Waals surface area contributed by atoms with E-state index in [1.807, 2.05) is 26.0 Å². The van der Waals surface area contributed by atoms with E-state index in [0.29, 0.717) is 5.56 Å². The molecule has 0 saturated carbocycles. The molecule has 0 amide bonds. The van der Waals surface area contributed by atoms with E-state index in [1.54, 1.807) is 17.4 Å². The third kappa shape index (κ3) is 2.65. The molecular formula is C12H10BrN3S. The van der Waals surface area contributed by atoms with Gasteiger partial charge >= 0.3 is 0 Å². The third-order valence-corrected chi connectivity index (χ3v) is 3.85. The Morgan fingerprint density at radius 1 is 1.41 bits per heavy atom. The fraction of sp³-hybridized carbons (Fsp3) is 0.167. The molecule has 0 saturated heterocycles. The van der Waals surface area contributed by atoms with Gasteiger partial charge in [-0.1, -0.05) is 15.9 Å². The number of halogens is 1. The van der Waals surface area contributed by atoms with Crippen LogP contribution in [0, 0.1) is 25.2 Å². The number of hydrogen-bond acceptors (Lipinski definition) is 4. The minimum absolute atomic E-state index is 0.610. The molecule has 1 aromatic heterocycles. The van der Waals surface area contributed by atoms with Gasteiger partial charge < -0.3 is 5.32 Å². The summed E-state index contributed by atoms with van der Waals surface area (Å²) in [6, 6.07) is 7.66. The van der Waals surface area contributed by atoms with Gasteiger partial charge in [0, 0.05) is 9.35 Å². The lowest BCUT2D eigenvalue weighted by Gasteiger charge is -2.05. The molecule has 1 aromatic carbocycles. The van der Waals surface area contributed by atoms with Crippen LogP contribution in [0.4, 0.5) is 10.8 Å².